The Morgan fingerprint density at radius 2 is 1.73 bits per heavy atom. The molecule has 2 rings (SSSR count). The molecule has 1 aliphatic rings. The van der Waals surface area contributed by atoms with Crippen LogP contribution < -0.4 is 9.64 Å². The summed E-state index contributed by atoms with van der Waals surface area (Å²) >= 11 is 0. The molecule has 0 aromatic heterocycles. The Labute approximate surface area is 132 Å². The molecular weight excluding hydrogens is 284 g/mol. The highest BCUT2D eigenvalue weighted by Gasteiger charge is 2.23. The molecule has 0 aliphatic carbocycles. The number of piperidine rings is 1. The molecule has 1 heterocycles. The van der Waals surface area contributed by atoms with Crippen molar-refractivity contribution in [3.8, 4) is 5.75 Å². The van der Waals surface area contributed by atoms with E-state index in [0.29, 0.717) is 11.7 Å². The molecule has 0 atom stereocenters. The van der Waals surface area contributed by atoms with Crippen molar-refractivity contribution < 1.29 is 13.5 Å². The van der Waals surface area contributed by atoms with Crippen molar-refractivity contribution in [3.05, 3.63) is 23.8 Å². The number of nitrogens with zero attached hydrogens (tertiary/aromatic N) is 1. The van der Waals surface area contributed by atoms with E-state index in [1.165, 1.54) is 0 Å². The number of alkyl halides is 2. The number of hydrogen-bond donors (Lipinski definition) is 0. The lowest BCUT2D eigenvalue weighted by atomic mass is 9.86. The van der Waals surface area contributed by atoms with Gasteiger partial charge in [-0.15, -0.1) is 0 Å². The van der Waals surface area contributed by atoms with Crippen molar-refractivity contribution in [2.75, 3.05) is 18.0 Å². The van der Waals surface area contributed by atoms with Gasteiger partial charge in [0.15, 0.2) is 0 Å². The number of anilines is 1. The van der Waals surface area contributed by atoms with Gasteiger partial charge in [0.2, 0.25) is 0 Å². The Morgan fingerprint density at radius 1 is 1.09 bits per heavy atom. The second-order valence-electron chi connectivity index (χ2n) is 6.82. The van der Waals surface area contributed by atoms with Crippen molar-refractivity contribution >= 4 is 5.69 Å². The van der Waals surface area contributed by atoms with E-state index in [-0.39, 0.29) is 5.92 Å². The van der Waals surface area contributed by atoms with Crippen LogP contribution >= 0.6 is 0 Å². The molecule has 0 radical (unpaired) electrons. The summed E-state index contributed by atoms with van der Waals surface area (Å²) in [5.74, 6) is 1.95. The van der Waals surface area contributed by atoms with Crippen LogP contribution in [-0.4, -0.2) is 19.7 Å². The van der Waals surface area contributed by atoms with Gasteiger partial charge in [-0.3, -0.25) is 0 Å². The van der Waals surface area contributed by atoms with E-state index in [0.717, 1.165) is 43.1 Å². The van der Waals surface area contributed by atoms with Crippen molar-refractivity contribution in [2.45, 2.75) is 53.1 Å². The molecule has 22 heavy (non-hydrogen) atoms. The fourth-order valence-electron chi connectivity index (χ4n) is 3.22. The molecule has 0 saturated carbocycles. The number of hydrogen-bond acceptors (Lipinski definition) is 2. The maximum Gasteiger partial charge on any atom is 0.387 e. The van der Waals surface area contributed by atoms with Gasteiger partial charge >= 0.3 is 6.61 Å². The Hall–Kier alpha value is -1.32. The number of ether oxygens (including phenoxy) is 1. The predicted octanol–water partition coefficient (Wildman–Crippen LogP) is 5.28. The Kier molecular flexibility index (Phi) is 5.65. The zero-order chi connectivity index (χ0) is 16.3. The third-order valence-electron chi connectivity index (χ3n) is 4.68. The van der Waals surface area contributed by atoms with Crippen LogP contribution in [0.4, 0.5) is 14.5 Å². The van der Waals surface area contributed by atoms with E-state index < -0.39 is 6.61 Å². The van der Waals surface area contributed by atoms with Crippen LogP contribution in [0.2, 0.25) is 0 Å². The summed E-state index contributed by atoms with van der Waals surface area (Å²) in [6, 6.07) is 5.73. The molecule has 4 heteroatoms. The third-order valence-corrected chi connectivity index (χ3v) is 4.68. The van der Waals surface area contributed by atoms with Gasteiger partial charge < -0.3 is 9.64 Å². The molecule has 1 aromatic rings. The molecule has 0 unspecified atom stereocenters. The van der Waals surface area contributed by atoms with Crippen LogP contribution in [0.15, 0.2) is 18.2 Å². The van der Waals surface area contributed by atoms with E-state index in [4.69, 9.17) is 4.74 Å². The Morgan fingerprint density at radius 3 is 2.23 bits per heavy atom. The minimum absolute atomic E-state index is 0.162. The van der Waals surface area contributed by atoms with Gasteiger partial charge in [-0.05, 0) is 42.2 Å². The monoisotopic (exact) mass is 311 g/mol. The first-order valence-electron chi connectivity index (χ1n) is 8.22. The highest BCUT2D eigenvalue weighted by Crippen LogP contribution is 2.34. The average molecular weight is 311 g/mol. The molecule has 1 aromatic carbocycles. The molecule has 1 fully saturated rings. The lowest BCUT2D eigenvalue weighted by Gasteiger charge is -2.35. The Balaban J connectivity index is 2.15. The highest BCUT2D eigenvalue weighted by molar-refractivity contribution is 5.54. The van der Waals surface area contributed by atoms with Crippen molar-refractivity contribution in [1.82, 2.24) is 0 Å². The summed E-state index contributed by atoms with van der Waals surface area (Å²) in [4.78, 5) is 2.28. The van der Waals surface area contributed by atoms with Gasteiger partial charge in [0, 0.05) is 24.8 Å². The largest absolute Gasteiger partial charge is 0.434 e. The van der Waals surface area contributed by atoms with Crippen LogP contribution in [0.25, 0.3) is 0 Å². The SMILES string of the molecule is CC(C)c1ccc(N2CCC(C(C)C)CC2)cc1OC(F)F. The van der Waals surface area contributed by atoms with E-state index in [1.54, 1.807) is 6.07 Å². The molecule has 0 spiro atoms. The van der Waals surface area contributed by atoms with Gasteiger partial charge in [-0.2, -0.15) is 8.78 Å². The summed E-state index contributed by atoms with van der Waals surface area (Å²) in [7, 11) is 0. The van der Waals surface area contributed by atoms with Gasteiger partial charge in [-0.1, -0.05) is 33.8 Å². The molecule has 0 amide bonds. The van der Waals surface area contributed by atoms with Gasteiger partial charge in [-0.25, -0.2) is 0 Å². The fourth-order valence-corrected chi connectivity index (χ4v) is 3.22. The predicted molar refractivity (Wildman–Crippen MR) is 86.9 cm³/mol. The van der Waals surface area contributed by atoms with Crippen LogP contribution in [0, 0.1) is 11.8 Å². The number of rotatable bonds is 5. The quantitative estimate of drug-likeness (QED) is 0.733. The second kappa shape index (κ2) is 7.30. The van der Waals surface area contributed by atoms with Crippen LogP contribution in [0.1, 0.15) is 52.0 Å². The minimum atomic E-state index is -2.78. The van der Waals surface area contributed by atoms with Crippen molar-refractivity contribution in [1.29, 1.82) is 0 Å². The first-order valence-corrected chi connectivity index (χ1v) is 8.22. The Bertz CT molecular complexity index is 480. The molecule has 0 bridgehead atoms. The van der Waals surface area contributed by atoms with Gasteiger partial charge in [0.1, 0.15) is 5.75 Å². The van der Waals surface area contributed by atoms with E-state index in [9.17, 15) is 8.78 Å². The zero-order valence-electron chi connectivity index (χ0n) is 14.0. The molecule has 0 N–H and O–H groups in total. The van der Waals surface area contributed by atoms with Gasteiger partial charge in [0.05, 0.1) is 0 Å². The van der Waals surface area contributed by atoms with E-state index in [2.05, 4.69) is 18.7 Å². The molecule has 2 nitrogen and oxygen atoms in total. The molecule has 124 valence electrons. The van der Waals surface area contributed by atoms with E-state index in [1.807, 2.05) is 26.0 Å². The van der Waals surface area contributed by atoms with Crippen molar-refractivity contribution in [3.63, 3.8) is 0 Å². The average Bonchev–Trinajstić information content (AvgIpc) is 2.46. The fraction of sp³-hybridized carbons (Fsp3) is 0.667. The summed E-state index contributed by atoms with van der Waals surface area (Å²) in [5, 5.41) is 0. The first-order chi connectivity index (χ1) is 10.4. The topological polar surface area (TPSA) is 12.5 Å². The maximum atomic E-state index is 12.6. The van der Waals surface area contributed by atoms with Crippen molar-refractivity contribution in [2.24, 2.45) is 11.8 Å². The van der Waals surface area contributed by atoms with Gasteiger partial charge in [0.25, 0.3) is 0 Å². The number of halogens is 2. The zero-order valence-corrected chi connectivity index (χ0v) is 14.0. The minimum Gasteiger partial charge on any atom is -0.434 e. The first kappa shape index (κ1) is 17.0. The molecule has 1 aliphatic heterocycles. The summed E-state index contributed by atoms with van der Waals surface area (Å²) in [6.45, 7) is 7.71. The smallest absolute Gasteiger partial charge is 0.387 e. The lowest BCUT2D eigenvalue weighted by Crippen LogP contribution is -2.35. The van der Waals surface area contributed by atoms with Crippen LogP contribution in [-0.2, 0) is 0 Å². The maximum absolute atomic E-state index is 12.6. The van der Waals surface area contributed by atoms with E-state index >= 15 is 0 Å². The normalized spacial score (nSPS) is 16.9. The van der Waals surface area contributed by atoms with Crippen LogP contribution in [0.3, 0.4) is 0 Å². The summed E-state index contributed by atoms with van der Waals surface area (Å²) in [5.41, 5.74) is 1.82. The lowest BCUT2D eigenvalue weighted by molar-refractivity contribution is -0.0505. The third kappa shape index (κ3) is 4.11. The summed E-state index contributed by atoms with van der Waals surface area (Å²) < 4.78 is 30.0. The highest BCUT2D eigenvalue weighted by atomic mass is 19.3. The van der Waals surface area contributed by atoms with Crippen LogP contribution in [0.5, 0.6) is 5.75 Å². The molecular formula is C18H27F2NO. The second-order valence-corrected chi connectivity index (χ2v) is 6.82. The standard InChI is InChI=1S/C18H27F2NO/c1-12(2)14-7-9-21(10-8-14)15-5-6-16(13(3)4)17(11-15)22-18(19)20/h5-6,11-14,18H,7-10H2,1-4H3. The molecule has 1 saturated heterocycles. The number of benzene rings is 1. The summed E-state index contributed by atoms with van der Waals surface area (Å²) in [6.07, 6.45) is 2.32.